The van der Waals surface area contributed by atoms with Crippen molar-refractivity contribution in [3.63, 3.8) is 0 Å². The van der Waals surface area contributed by atoms with Crippen LogP contribution >= 0.6 is 31.9 Å². The van der Waals surface area contributed by atoms with Crippen LogP contribution in [0.3, 0.4) is 0 Å². The Morgan fingerprint density at radius 3 is 2.37 bits per heavy atom. The van der Waals surface area contributed by atoms with E-state index in [1.807, 2.05) is 20.8 Å². The van der Waals surface area contributed by atoms with Gasteiger partial charge in [0.15, 0.2) is 0 Å². The molecule has 0 radical (unpaired) electrons. The zero-order chi connectivity index (χ0) is 14.8. The molecular formula is C12H18Br2N2O2S. The molecule has 0 aliphatic carbocycles. The van der Waals surface area contributed by atoms with Crippen LogP contribution < -0.4 is 10.5 Å². The highest BCUT2D eigenvalue weighted by Gasteiger charge is 2.28. The van der Waals surface area contributed by atoms with Crippen LogP contribution in [0.4, 0.5) is 5.69 Å². The zero-order valence-electron chi connectivity index (χ0n) is 11.1. The molecular weight excluding hydrogens is 396 g/mol. The molecule has 0 amide bonds. The van der Waals surface area contributed by atoms with E-state index in [-0.39, 0.29) is 10.6 Å². The second-order valence-electron chi connectivity index (χ2n) is 5.05. The van der Waals surface area contributed by atoms with Crippen LogP contribution in [0.1, 0.15) is 33.6 Å². The van der Waals surface area contributed by atoms with Gasteiger partial charge < -0.3 is 5.73 Å². The van der Waals surface area contributed by atoms with Gasteiger partial charge >= 0.3 is 0 Å². The number of nitrogen functional groups attached to an aromatic ring is 1. The lowest BCUT2D eigenvalue weighted by Gasteiger charge is -2.26. The van der Waals surface area contributed by atoms with Crippen LogP contribution in [0.2, 0.25) is 0 Å². The minimum Gasteiger partial charge on any atom is -0.398 e. The van der Waals surface area contributed by atoms with E-state index in [1.165, 1.54) is 0 Å². The van der Waals surface area contributed by atoms with Gasteiger partial charge in [0.1, 0.15) is 4.90 Å². The summed E-state index contributed by atoms with van der Waals surface area (Å²) >= 11 is 6.53. The van der Waals surface area contributed by atoms with Crippen LogP contribution in [0, 0.1) is 0 Å². The Balaban J connectivity index is 3.22. The highest BCUT2D eigenvalue weighted by atomic mass is 79.9. The van der Waals surface area contributed by atoms with E-state index in [0.717, 1.165) is 17.3 Å². The Bertz CT molecular complexity index is 548. The third kappa shape index (κ3) is 4.44. The molecule has 108 valence electrons. The van der Waals surface area contributed by atoms with Crippen molar-refractivity contribution in [1.29, 1.82) is 0 Å². The van der Waals surface area contributed by atoms with Crippen LogP contribution in [0.25, 0.3) is 0 Å². The fraction of sp³-hybridized carbons (Fsp3) is 0.500. The molecule has 1 rings (SSSR count). The molecule has 1 aromatic carbocycles. The number of benzene rings is 1. The van der Waals surface area contributed by atoms with E-state index in [0.29, 0.717) is 4.47 Å². The summed E-state index contributed by atoms with van der Waals surface area (Å²) in [6, 6.07) is 3.24. The van der Waals surface area contributed by atoms with E-state index in [9.17, 15) is 8.42 Å². The smallest absolute Gasteiger partial charge is 0.244 e. The molecule has 0 aliphatic rings. The number of anilines is 1. The van der Waals surface area contributed by atoms with Crippen molar-refractivity contribution in [1.82, 2.24) is 4.72 Å². The van der Waals surface area contributed by atoms with Crippen LogP contribution in [-0.4, -0.2) is 14.0 Å². The maximum atomic E-state index is 12.4. The molecule has 0 atom stereocenters. The van der Waals surface area contributed by atoms with Gasteiger partial charge in [-0.05, 0) is 48.3 Å². The summed E-state index contributed by atoms with van der Waals surface area (Å²) in [7, 11) is -3.66. The van der Waals surface area contributed by atoms with Gasteiger partial charge in [0.05, 0.1) is 5.69 Å². The number of hydrogen-bond acceptors (Lipinski definition) is 3. The quantitative estimate of drug-likeness (QED) is 0.723. The van der Waals surface area contributed by atoms with E-state index >= 15 is 0 Å². The summed E-state index contributed by atoms with van der Waals surface area (Å²) in [6.07, 6.45) is 1.65. The van der Waals surface area contributed by atoms with Crippen molar-refractivity contribution in [2.75, 3.05) is 5.73 Å². The lowest BCUT2D eigenvalue weighted by Crippen LogP contribution is -2.43. The Labute approximate surface area is 131 Å². The molecule has 0 aliphatic heterocycles. The molecule has 0 aromatic heterocycles. The number of nitrogens with one attached hydrogen (secondary N) is 1. The van der Waals surface area contributed by atoms with Crippen molar-refractivity contribution in [2.24, 2.45) is 0 Å². The fourth-order valence-corrected chi connectivity index (χ4v) is 5.47. The highest BCUT2D eigenvalue weighted by molar-refractivity contribution is 9.11. The topological polar surface area (TPSA) is 72.2 Å². The second kappa shape index (κ2) is 6.11. The molecule has 0 saturated carbocycles. The van der Waals surface area contributed by atoms with Gasteiger partial charge in [0.25, 0.3) is 0 Å². The summed E-state index contributed by atoms with van der Waals surface area (Å²) < 4.78 is 28.7. The van der Waals surface area contributed by atoms with Crippen molar-refractivity contribution < 1.29 is 8.42 Å². The third-order valence-corrected chi connectivity index (χ3v) is 5.75. The molecule has 1 aromatic rings. The van der Waals surface area contributed by atoms with Gasteiger partial charge in [-0.15, -0.1) is 0 Å². The normalized spacial score (nSPS) is 12.7. The molecule has 0 saturated heterocycles. The first-order valence-corrected chi connectivity index (χ1v) is 8.94. The monoisotopic (exact) mass is 412 g/mol. The standard InChI is InChI=1S/C12H18Br2N2O2S/c1-4-5-12(2,3)16-19(17,18)11-9(14)6-8(13)7-10(11)15/h6-7,16H,4-5,15H2,1-3H3. The van der Waals surface area contributed by atoms with Crippen molar-refractivity contribution >= 4 is 47.6 Å². The Morgan fingerprint density at radius 1 is 1.32 bits per heavy atom. The van der Waals surface area contributed by atoms with Gasteiger partial charge in [-0.1, -0.05) is 29.3 Å². The lowest BCUT2D eigenvalue weighted by molar-refractivity contribution is 0.418. The SMILES string of the molecule is CCCC(C)(C)NS(=O)(=O)c1c(N)cc(Br)cc1Br. The zero-order valence-corrected chi connectivity index (χ0v) is 15.1. The molecule has 0 bridgehead atoms. The average molecular weight is 414 g/mol. The third-order valence-electron chi connectivity index (χ3n) is 2.59. The summed E-state index contributed by atoms with van der Waals surface area (Å²) in [5.41, 5.74) is 5.52. The summed E-state index contributed by atoms with van der Waals surface area (Å²) in [6.45, 7) is 5.73. The molecule has 0 fully saturated rings. The first kappa shape index (κ1) is 16.9. The Hall–Kier alpha value is -0.110. The van der Waals surface area contributed by atoms with E-state index in [4.69, 9.17) is 5.73 Å². The minimum absolute atomic E-state index is 0.0832. The van der Waals surface area contributed by atoms with Crippen molar-refractivity contribution in [3.8, 4) is 0 Å². The van der Waals surface area contributed by atoms with Gasteiger partial charge in [-0.2, -0.15) is 0 Å². The van der Waals surface area contributed by atoms with Gasteiger partial charge in [-0.3, -0.25) is 0 Å². The highest BCUT2D eigenvalue weighted by Crippen LogP contribution is 2.32. The van der Waals surface area contributed by atoms with Crippen molar-refractivity contribution in [3.05, 3.63) is 21.1 Å². The number of rotatable bonds is 5. The van der Waals surface area contributed by atoms with E-state index < -0.39 is 15.6 Å². The van der Waals surface area contributed by atoms with Crippen molar-refractivity contribution in [2.45, 2.75) is 44.0 Å². The van der Waals surface area contributed by atoms with E-state index in [1.54, 1.807) is 12.1 Å². The Kier molecular flexibility index (Phi) is 5.45. The maximum Gasteiger partial charge on any atom is 0.244 e. The predicted octanol–water partition coefficient (Wildman–Crippen LogP) is 3.65. The van der Waals surface area contributed by atoms with Gasteiger partial charge in [0, 0.05) is 14.5 Å². The van der Waals surface area contributed by atoms with Crippen LogP contribution in [-0.2, 0) is 10.0 Å². The maximum absolute atomic E-state index is 12.4. The summed E-state index contributed by atoms with van der Waals surface area (Å²) in [4.78, 5) is 0.0832. The molecule has 0 spiro atoms. The fourth-order valence-electron chi connectivity index (χ4n) is 1.95. The van der Waals surface area contributed by atoms with Crippen LogP contribution in [0.5, 0.6) is 0 Å². The largest absolute Gasteiger partial charge is 0.398 e. The summed E-state index contributed by atoms with van der Waals surface area (Å²) in [5.74, 6) is 0. The average Bonchev–Trinajstić information content (AvgIpc) is 2.11. The predicted molar refractivity (Wildman–Crippen MR) is 85.6 cm³/mol. The first-order chi connectivity index (χ1) is 8.59. The van der Waals surface area contributed by atoms with E-state index in [2.05, 4.69) is 36.6 Å². The molecule has 4 nitrogen and oxygen atoms in total. The second-order valence-corrected chi connectivity index (χ2v) is 8.43. The molecule has 19 heavy (non-hydrogen) atoms. The number of halogens is 2. The molecule has 0 heterocycles. The molecule has 3 N–H and O–H groups in total. The lowest BCUT2D eigenvalue weighted by atomic mass is 10.0. The van der Waals surface area contributed by atoms with Gasteiger partial charge in [0.2, 0.25) is 10.0 Å². The molecule has 0 unspecified atom stereocenters. The Morgan fingerprint density at radius 2 is 1.89 bits per heavy atom. The summed E-state index contributed by atoms with van der Waals surface area (Å²) in [5, 5.41) is 0. The van der Waals surface area contributed by atoms with Gasteiger partial charge in [-0.25, -0.2) is 13.1 Å². The first-order valence-electron chi connectivity index (χ1n) is 5.87. The number of nitrogens with two attached hydrogens (primary N) is 1. The van der Waals surface area contributed by atoms with Crippen LogP contribution in [0.15, 0.2) is 26.0 Å². The molecule has 7 heteroatoms. The minimum atomic E-state index is -3.66. The number of sulfonamides is 1. The number of hydrogen-bond donors (Lipinski definition) is 2.